The van der Waals surface area contributed by atoms with Crippen molar-refractivity contribution in [3.8, 4) is 6.07 Å². The molecule has 2 rings (SSSR count). The van der Waals surface area contributed by atoms with Crippen LogP contribution in [0, 0.1) is 52.8 Å². The summed E-state index contributed by atoms with van der Waals surface area (Å²) in [5.74, 6) is -12.1. The minimum absolute atomic E-state index is 0.938. The molecule has 2 aromatic carbocycles. The molecule has 2 aromatic rings. The first-order chi connectivity index (χ1) is 9.86. The number of halogens is 6. The maximum atomic E-state index is 13.8. The molecule has 0 N–H and O–H groups in total. The second kappa shape index (κ2) is 4.98. The number of benzene rings is 2. The summed E-state index contributed by atoms with van der Waals surface area (Å²) in [6.45, 7) is 5.65. The minimum Gasteiger partial charge on any atom is -0.312 e. The van der Waals surface area contributed by atoms with Crippen LogP contribution in [0.4, 0.5) is 26.3 Å². The van der Waals surface area contributed by atoms with Gasteiger partial charge in [0.15, 0.2) is 34.9 Å². The van der Waals surface area contributed by atoms with Crippen LogP contribution in [0.5, 0.6) is 0 Å². The van der Waals surface area contributed by atoms with Gasteiger partial charge in [-0.15, -0.1) is 0 Å². The zero-order valence-electron chi connectivity index (χ0n) is 9.87. The predicted octanol–water partition coefficient (Wildman–Crippen LogP) is 3.97. The van der Waals surface area contributed by atoms with Crippen LogP contribution < -0.4 is 0 Å². The standard InChI is InChI=1S/C13H2F6N2/c1-21-3-5-7-6(4(2-20)8(14)9(5)15)10(16)12(18)13(19)11(7)17/h3H2. The average Bonchev–Trinajstić information content (AvgIpc) is 2.47. The van der Waals surface area contributed by atoms with E-state index in [0.29, 0.717) is 0 Å². The highest BCUT2D eigenvalue weighted by molar-refractivity contribution is 5.92. The molecule has 0 fully saturated rings. The van der Waals surface area contributed by atoms with E-state index >= 15 is 0 Å². The zero-order chi connectivity index (χ0) is 15.9. The molecule has 0 heterocycles. The molecule has 0 aromatic heterocycles. The molecular formula is C13H2F6N2. The normalized spacial score (nSPS) is 10.5. The van der Waals surface area contributed by atoms with Crippen LogP contribution in [0.2, 0.25) is 0 Å². The Morgan fingerprint density at radius 2 is 1.33 bits per heavy atom. The van der Waals surface area contributed by atoms with Gasteiger partial charge in [-0.3, -0.25) is 0 Å². The molecule has 0 atom stereocenters. The van der Waals surface area contributed by atoms with Crippen molar-refractivity contribution in [2.75, 3.05) is 0 Å². The number of fused-ring (bicyclic) bond motifs is 1. The van der Waals surface area contributed by atoms with Crippen LogP contribution in [-0.2, 0) is 6.54 Å². The second-order valence-corrected chi connectivity index (χ2v) is 3.92. The van der Waals surface area contributed by atoms with Crippen LogP contribution in [0.1, 0.15) is 11.1 Å². The molecule has 106 valence electrons. The molecule has 0 radical (unpaired) electrons. The lowest BCUT2D eigenvalue weighted by atomic mass is 9.97. The Balaban J connectivity index is 3.25. The Morgan fingerprint density at radius 1 is 0.810 bits per heavy atom. The molecule has 0 spiro atoms. The van der Waals surface area contributed by atoms with Crippen LogP contribution in [0.15, 0.2) is 0 Å². The molecule has 0 aliphatic heterocycles. The van der Waals surface area contributed by atoms with Gasteiger partial charge in [0.1, 0.15) is 11.6 Å². The van der Waals surface area contributed by atoms with E-state index in [0.717, 1.165) is 6.07 Å². The van der Waals surface area contributed by atoms with E-state index in [-0.39, 0.29) is 0 Å². The van der Waals surface area contributed by atoms with Crippen molar-refractivity contribution in [3.63, 3.8) is 0 Å². The summed E-state index contributed by atoms with van der Waals surface area (Å²) in [4.78, 5) is 2.69. The molecule has 0 amide bonds. The molecule has 0 bridgehead atoms. The van der Waals surface area contributed by atoms with E-state index in [1.807, 2.05) is 0 Å². The SMILES string of the molecule is [C-]#[N+]Cc1c(F)c(F)c(C#N)c2c(F)c(F)c(F)c(F)c12. The molecule has 0 aliphatic carbocycles. The summed E-state index contributed by atoms with van der Waals surface area (Å²) < 4.78 is 81.3. The van der Waals surface area contributed by atoms with Crippen molar-refractivity contribution in [3.05, 3.63) is 57.4 Å². The maximum absolute atomic E-state index is 13.8. The molecule has 8 heteroatoms. The van der Waals surface area contributed by atoms with Crippen LogP contribution in [0.25, 0.3) is 15.6 Å². The summed E-state index contributed by atoms with van der Waals surface area (Å²) in [7, 11) is 0. The number of nitriles is 1. The van der Waals surface area contributed by atoms with Crippen molar-refractivity contribution in [1.82, 2.24) is 0 Å². The third-order valence-electron chi connectivity index (χ3n) is 2.84. The number of hydrogen-bond acceptors (Lipinski definition) is 1. The number of nitrogens with zero attached hydrogens (tertiary/aromatic N) is 2. The Bertz CT molecular complexity index is 861. The fourth-order valence-electron chi connectivity index (χ4n) is 1.94. The smallest absolute Gasteiger partial charge is 0.243 e. The molecule has 0 unspecified atom stereocenters. The molecular weight excluding hydrogens is 298 g/mol. The van der Waals surface area contributed by atoms with Gasteiger partial charge in [0.05, 0.1) is 5.56 Å². The summed E-state index contributed by atoms with van der Waals surface area (Å²) in [6, 6.07) is 1.07. The summed E-state index contributed by atoms with van der Waals surface area (Å²) in [6.07, 6.45) is 0. The third kappa shape index (κ3) is 1.88. The van der Waals surface area contributed by atoms with E-state index in [9.17, 15) is 26.3 Å². The first-order valence-corrected chi connectivity index (χ1v) is 5.25. The van der Waals surface area contributed by atoms with Crippen molar-refractivity contribution < 1.29 is 26.3 Å². The highest BCUT2D eigenvalue weighted by Gasteiger charge is 2.30. The second-order valence-electron chi connectivity index (χ2n) is 3.92. The number of hydrogen-bond donors (Lipinski definition) is 0. The largest absolute Gasteiger partial charge is 0.312 e. The van der Waals surface area contributed by atoms with Gasteiger partial charge in [-0.25, -0.2) is 32.9 Å². The van der Waals surface area contributed by atoms with E-state index < -0.39 is 63.3 Å². The van der Waals surface area contributed by atoms with Gasteiger partial charge in [0.2, 0.25) is 6.54 Å². The quantitative estimate of drug-likeness (QED) is 0.339. The van der Waals surface area contributed by atoms with Gasteiger partial charge in [-0.2, -0.15) is 5.26 Å². The third-order valence-corrected chi connectivity index (χ3v) is 2.84. The number of rotatable bonds is 1. The lowest BCUT2D eigenvalue weighted by molar-refractivity contribution is 0.416. The van der Waals surface area contributed by atoms with E-state index in [2.05, 4.69) is 4.85 Å². The Morgan fingerprint density at radius 3 is 1.81 bits per heavy atom. The van der Waals surface area contributed by atoms with Crippen molar-refractivity contribution in [2.24, 2.45) is 0 Å². The van der Waals surface area contributed by atoms with Crippen LogP contribution in [0.3, 0.4) is 0 Å². The van der Waals surface area contributed by atoms with Gasteiger partial charge in [-0.05, 0) is 0 Å². The fourth-order valence-corrected chi connectivity index (χ4v) is 1.94. The topological polar surface area (TPSA) is 28.1 Å². The van der Waals surface area contributed by atoms with Crippen molar-refractivity contribution in [2.45, 2.75) is 6.54 Å². The van der Waals surface area contributed by atoms with E-state index in [1.54, 1.807) is 0 Å². The average molecular weight is 300 g/mol. The Hall–Kier alpha value is -2.74. The molecule has 0 saturated heterocycles. The van der Waals surface area contributed by atoms with E-state index in [1.165, 1.54) is 0 Å². The molecule has 0 saturated carbocycles. The van der Waals surface area contributed by atoms with Gasteiger partial charge in [-0.1, -0.05) is 0 Å². The minimum atomic E-state index is -2.25. The first-order valence-electron chi connectivity index (χ1n) is 5.25. The Labute approximate surface area is 113 Å². The highest BCUT2D eigenvalue weighted by atomic mass is 19.2. The Kier molecular flexibility index (Phi) is 3.48. The zero-order valence-corrected chi connectivity index (χ0v) is 9.87. The first kappa shape index (κ1) is 14.7. The molecule has 2 nitrogen and oxygen atoms in total. The van der Waals surface area contributed by atoms with Gasteiger partial charge < -0.3 is 4.85 Å². The van der Waals surface area contributed by atoms with E-state index in [4.69, 9.17) is 11.8 Å². The van der Waals surface area contributed by atoms with Gasteiger partial charge in [0, 0.05) is 10.8 Å². The van der Waals surface area contributed by atoms with Gasteiger partial charge >= 0.3 is 0 Å². The predicted molar refractivity (Wildman–Crippen MR) is 58.7 cm³/mol. The lowest BCUT2D eigenvalue weighted by Crippen LogP contribution is -2.07. The lowest BCUT2D eigenvalue weighted by Gasteiger charge is -2.10. The maximum Gasteiger partial charge on any atom is 0.243 e. The summed E-state index contributed by atoms with van der Waals surface area (Å²) >= 11 is 0. The summed E-state index contributed by atoms with van der Waals surface area (Å²) in [5.41, 5.74) is -2.28. The van der Waals surface area contributed by atoms with Crippen LogP contribution >= 0.6 is 0 Å². The molecule has 21 heavy (non-hydrogen) atoms. The highest BCUT2D eigenvalue weighted by Crippen LogP contribution is 2.35. The molecule has 0 aliphatic rings. The van der Waals surface area contributed by atoms with Crippen LogP contribution in [-0.4, -0.2) is 0 Å². The summed E-state index contributed by atoms with van der Waals surface area (Å²) in [5, 5.41) is 6.33. The monoisotopic (exact) mass is 300 g/mol. The van der Waals surface area contributed by atoms with Crippen molar-refractivity contribution in [1.29, 1.82) is 5.26 Å². The fraction of sp³-hybridized carbons (Fsp3) is 0.0769. The van der Waals surface area contributed by atoms with Crippen molar-refractivity contribution >= 4 is 10.8 Å². The van der Waals surface area contributed by atoms with Gasteiger partial charge in [0.25, 0.3) is 0 Å².